The molecule has 0 spiro atoms. The summed E-state index contributed by atoms with van der Waals surface area (Å²) in [5, 5.41) is 9.53. The van der Waals surface area contributed by atoms with Crippen LogP contribution in [0.5, 0.6) is 0 Å². The predicted molar refractivity (Wildman–Crippen MR) is 107 cm³/mol. The fourth-order valence-electron chi connectivity index (χ4n) is 5.62. The van der Waals surface area contributed by atoms with Gasteiger partial charge in [-0.1, -0.05) is 43.5 Å². The topological polar surface area (TPSA) is 43.8 Å². The van der Waals surface area contributed by atoms with E-state index in [0.29, 0.717) is 18.2 Å². The number of rotatable bonds is 5. The SMILES string of the molecule is O=C(CCN1CCC[C@H]1CO)N1CCc2ccccc2C1C1CCCCC1. The molecule has 27 heavy (non-hydrogen) atoms. The Kier molecular flexibility index (Phi) is 6.14. The Hall–Kier alpha value is -1.39. The molecule has 1 amide bonds. The molecular weight excluding hydrogens is 336 g/mol. The van der Waals surface area contributed by atoms with Crippen molar-refractivity contribution in [3.05, 3.63) is 35.4 Å². The number of likely N-dealkylation sites (tertiary alicyclic amines) is 1. The van der Waals surface area contributed by atoms with Gasteiger partial charge in [0, 0.05) is 25.6 Å². The van der Waals surface area contributed by atoms with E-state index in [0.717, 1.165) is 38.9 Å². The molecule has 3 aliphatic rings. The second-order valence-electron chi connectivity index (χ2n) is 8.64. The third-order valence-electron chi connectivity index (χ3n) is 7.07. The van der Waals surface area contributed by atoms with E-state index in [2.05, 4.69) is 34.1 Å². The lowest BCUT2D eigenvalue weighted by molar-refractivity contribution is -0.136. The average Bonchev–Trinajstić information content (AvgIpc) is 3.19. The molecule has 2 aliphatic heterocycles. The third kappa shape index (κ3) is 4.07. The molecule has 1 saturated carbocycles. The first-order chi connectivity index (χ1) is 13.3. The van der Waals surface area contributed by atoms with Gasteiger partial charge in [-0.25, -0.2) is 0 Å². The predicted octanol–water partition coefficient (Wildman–Crippen LogP) is 3.54. The Bertz CT molecular complexity index is 641. The maximum Gasteiger partial charge on any atom is 0.224 e. The highest BCUT2D eigenvalue weighted by Crippen LogP contribution is 2.42. The molecule has 0 aromatic heterocycles. The van der Waals surface area contributed by atoms with Crippen molar-refractivity contribution in [1.82, 2.24) is 9.80 Å². The lowest BCUT2D eigenvalue weighted by atomic mass is 9.77. The molecule has 2 heterocycles. The minimum absolute atomic E-state index is 0.218. The Labute approximate surface area is 163 Å². The van der Waals surface area contributed by atoms with Crippen molar-refractivity contribution in [1.29, 1.82) is 0 Å². The maximum atomic E-state index is 13.2. The number of hydrogen-bond acceptors (Lipinski definition) is 3. The molecular formula is C23H34N2O2. The van der Waals surface area contributed by atoms with Gasteiger partial charge in [0.1, 0.15) is 0 Å². The van der Waals surface area contributed by atoms with Crippen LogP contribution in [0, 0.1) is 5.92 Å². The van der Waals surface area contributed by atoms with Crippen LogP contribution in [-0.2, 0) is 11.2 Å². The molecule has 4 heteroatoms. The highest BCUT2D eigenvalue weighted by atomic mass is 16.3. The van der Waals surface area contributed by atoms with Crippen molar-refractivity contribution in [2.75, 3.05) is 26.2 Å². The minimum Gasteiger partial charge on any atom is -0.395 e. The number of carbonyl (C=O) groups excluding carboxylic acids is 1. The van der Waals surface area contributed by atoms with Crippen LogP contribution >= 0.6 is 0 Å². The van der Waals surface area contributed by atoms with Crippen molar-refractivity contribution >= 4 is 5.91 Å². The van der Waals surface area contributed by atoms with Crippen molar-refractivity contribution in [2.24, 2.45) is 5.92 Å². The van der Waals surface area contributed by atoms with E-state index >= 15 is 0 Å². The number of fused-ring (bicyclic) bond motifs is 1. The lowest BCUT2D eigenvalue weighted by Gasteiger charge is -2.43. The molecule has 1 aliphatic carbocycles. The molecule has 148 valence electrons. The van der Waals surface area contributed by atoms with Crippen LogP contribution in [-0.4, -0.2) is 53.1 Å². The van der Waals surface area contributed by atoms with Crippen LogP contribution < -0.4 is 0 Å². The monoisotopic (exact) mass is 370 g/mol. The molecule has 4 rings (SSSR count). The van der Waals surface area contributed by atoms with Gasteiger partial charge < -0.3 is 10.0 Å². The van der Waals surface area contributed by atoms with Crippen molar-refractivity contribution in [3.8, 4) is 0 Å². The minimum atomic E-state index is 0.218. The number of aliphatic hydroxyl groups is 1. The fourth-order valence-corrected chi connectivity index (χ4v) is 5.62. The lowest BCUT2D eigenvalue weighted by Crippen LogP contribution is -2.45. The van der Waals surface area contributed by atoms with E-state index in [4.69, 9.17) is 0 Å². The van der Waals surface area contributed by atoms with Gasteiger partial charge in [0.2, 0.25) is 5.91 Å². The Balaban J connectivity index is 1.48. The van der Waals surface area contributed by atoms with E-state index in [1.54, 1.807) is 0 Å². The average molecular weight is 371 g/mol. The van der Waals surface area contributed by atoms with Crippen LogP contribution in [0.4, 0.5) is 0 Å². The van der Waals surface area contributed by atoms with Gasteiger partial charge >= 0.3 is 0 Å². The summed E-state index contributed by atoms with van der Waals surface area (Å²) in [6.07, 6.45) is 10.2. The molecule has 0 bridgehead atoms. The number of aliphatic hydroxyl groups excluding tert-OH is 1. The number of amides is 1. The highest BCUT2D eigenvalue weighted by Gasteiger charge is 2.36. The second kappa shape index (κ2) is 8.74. The molecule has 1 N–H and O–H groups in total. The third-order valence-corrected chi connectivity index (χ3v) is 7.07. The molecule has 2 atom stereocenters. The maximum absolute atomic E-state index is 13.2. The first kappa shape index (κ1) is 18.9. The molecule has 4 nitrogen and oxygen atoms in total. The van der Waals surface area contributed by atoms with Crippen LogP contribution in [0.2, 0.25) is 0 Å². The Morgan fingerprint density at radius 2 is 1.85 bits per heavy atom. The van der Waals surface area contributed by atoms with Crippen LogP contribution in [0.3, 0.4) is 0 Å². The van der Waals surface area contributed by atoms with Gasteiger partial charge in [0.25, 0.3) is 0 Å². The summed E-state index contributed by atoms with van der Waals surface area (Å²) in [6.45, 7) is 2.89. The van der Waals surface area contributed by atoms with Crippen LogP contribution in [0.1, 0.15) is 68.5 Å². The van der Waals surface area contributed by atoms with Crippen LogP contribution in [0.15, 0.2) is 24.3 Å². The fraction of sp³-hybridized carbons (Fsp3) is 0.696. The van der Waals surface area contributed by atoms with E-state index < -0.39 is 0 Å². The standard InChI is InChI=1S/C23H34N2O2/c26-17-20-10-6-14-24(20)15-13-22(27)25-16-12-18-7-4-5-11-21(18)23(25)19-8-2-1-3-9-19/h4-5,7,11,19-20,23,26H,1-3,6,8-10,12-17H2/t20-,23?/m0/s1. The van der Waals surface area contributed by atoms with Gasteiger partial charge in [-0.15, -0.1) is 0 Å². The van der Waals surface area contributed by atoms with Gasteiger partial charge in [0.15, 0.2) is 0 Å². The zero-order valence-corrected chi connectivity index (χ0v) is 16.5. The number of carbonyl (C=O) groups is 1. The molecule has 2 fully saturated rings. The first-order valence-electron chi connectivity index (χ1n) is 11.0. The molecule has 1 unspecified atom stereocenters. The molecule has 1 aromatic rings. The molecule has 1 aromatic carbocycles. The van der Waals surface area contributed by atoms with Gasteiger partial charge in [0.05, 0.1) is 12.6 Å². The highest BCUT2D eigenvalue weighted by molar-refractivity contribution is 5.77. The Morgan fingerprint density at radius 3 is 2.67 bits per heavy atom. The summed E-state index contributed by atoms with van der Waals surface area (Å²) in [5.41, 5.74) is 2.84. The molecule has 0 radical (unpaired) electrons. The summed E-state index contributed by atoms with van der Waals surface area (Å²) in [6, 6.07) is 9.32. The second-order valence-corrected chi connectivity index (χ2v) is 8.64. The van der Waals surface area contributed by atoms with E-state index in [1.807, 2.05) is 0 Å². The number of nitrogens with zero attached hydrogens (tertiary/aromatic N) is 2. The van der Waals surface area contributed by atoms with E-state index in [-0.39, 0.29) is 18.7 Å². The zero-order chi connectivity index (χ0) is 18.6. The summed E-state index contributed by atoms with van der Waals surface area (Å²) >= 11 is 0. The number of benzene rings is 1. The van der Waals surface area contributed by atoms with E-state index in [9.17, 15) is 9.90 Å². The zero-order valence-electron chi connectivity index (χ0n) is 16.5. The summed E-state index contributed by atoms with van der Waals surface area (Å²) in [4.78, 5) is 17.8. The number of hydrogen-bond donors (Lipinski definition) is 1. The first-order valence-corrected chi connectivity index (χ1v) is 11.0. The summed E-state index contributed by atoms with van der Waals surface area (Å²) < 4.78 is 0. The normalized spacial score (nSPS) is 26.9. The molecule has 1 saturated heterocycles. The van der Waals surface area contributed by atoms with Crippen LogP contribution in [0.25, 0.3) is 0 Å². The van der Waals surface area contributed by atoms with Crippen molar-refractivity contribution in [3.63, 3.8) is 0 Å². The van der Waals surface area contributed by atoms with Gasteiger partial charge in [-0.3, -0.25) is 9.69 Å². The van der Waals surface area contributed by atoms with E-state index in [1.165, 1.54) is 43.2 Å². The summed E-state index contributed by atoms with van der Waals surface area (Å²) in [5.74, 6) is 0.921. The van der Waals surface area contributed by atoms with Crippen molar-refractivity contribution < 1.29 is 9.90 Å². The van der Waals surface area contributed by atoms with Crippen molar-refractivity contribution in [2.45, 2.75) is 69.9 Å². The van der Waals surface area contributed by atoms with Gasteiger partial charge in [-0.05, 0) is 55.7 Å². The Morgan fingerprint density at radius 1 is 1.04 bits per heavy atom. The van der Waals surface area contributed by atoms with Gasteiger partial charge in [-0.2, -0.15) is 0 Å². The largest absolute Gasteiger partial charge is 0.395 e. The quantitative estimate of drug-likeness (QED) is 0.862. The summed E-state index contributed by atoms with van der Waals surface area (Å²) in [7, 11) is 0. The smallest absolute Gasteiger partial charge is 0.224 e.